The third-order valence-corrected chi connectivity index (χ3v) is 4.45. The maximum atomic E-state index is 12.9. The van der Waals surface area contributed by atoms with Crippen LogP contribution >= 0.6 is 0 Å². The number of H-pyrrole nitrogens is 1. The van der Waals surface area contributed by atoms with Crippen LogP contribution in [-0.2, 0) is 13.0 Å². The van der Waals surface area contributed by atoms with E-state index in [9.17, 15) is 4.79 Å². The van der Waals surface area contributed by atoms with Gasteiger partial charge in [0.05, 0.1) is 24.2 Å². The number of rotatable bonds is 7. The van der Waals surface area contributed by atoms with Crippen molar-refractivity contribution >= 4 is 10.9 Å². The second kappa shape index (κ2) is 7.59. The molecule has 0 aliphatic rings. The fourth-order valence-electron chi connectivity index (χ4n) is 3.30. The summed E-state index contributed by atoms with van der Waals surface area (Å²) in [6.07, 6.45) is 3.24. The van der Waals surface area contributed by atoms with Gasteiger partial charge in [0.1, 0.15) is 6.54 Å². The van der Waals surface area contributed by atoms with Gasteiger partial charge in [0.2, 0.25) is 0 Å². The first-order chi connectivity index (χ1) is 10.6. The van der Waals surface area contributed by atoms with Crippen molar-refractivity contribution in [1.29, 1.82) is 0 Å². The third-order valence-electron chi connectivity index (χ3n) is 4.45. The molecule has 2 rings (SSSR count). The topological polar surface area (TPSA) is 37.3 Å². The molecule has 0 amide bonds. The lowest BCUT2D eigenvalue weighted by Crippen LogP contribution is -3.10. The van der Waals surface area contributed by atoms with E-state index in [1.807, 2.05) is 19.1 Å². The summed E-state index contributed by atoms with van der Waals surface area (Å²) in [6, 6.07) is 6.05. The monoisotopic (exact) mass is 301 g/mol. The molecule has 2 aromatic rings. The van der Waals surface area contributed by atoms with E-state index in [2.05, 4.69) is 31.8 Å². The Morgan fingerprint density at radius 2 is 1.77 bits per heavy atom. The van der Waals surface area contributed by atoms with Crippen molar-refractivity contribution in [3.8, 4) is 0 Å². The highest BCUT2D eigenvalue weighted by Gasteiger charge is 2.16. The molecule has 0 aliphatic carbocycles. The van der Waals surface area contributed by atoms with E-state index in [0.29, 0.717) is 0 Å². The van der Waals surface area contributed by atoms with Gasteiger partial charge in [-0.15, -0.1) is 0 Å². The van der Waals surface area contributed by atoms with Crippen molar-refractivity contribution in [3.05, 3.63) is 45.2 Å². The van der Waals surface area contributed by atoms with Gasteiger partial charge in [-0.1, -0.05) is 32.9 Å². The predicted octanol–water partition coefficient (Wildman–Crippen LogP) is 2.60. The first-order valence-corrected chi connectivity index (χ1v) is 8.59. The van der Waals surface area contributed by atoms with Crippen LogP contribution in [0.25, 0.3) is 10.9 Å². The van der Waals surface area contributed by atoms with Crippen molar-refractivity contribution in [3.63, 3.8) is 0 Å². The highest BCUT2D eigenvalue weighted by atomic mass is 16.1. The van der Waals surface area contributed by atoms with Gasteiger partial charge in [-0.05, 0) is 37.8 Å². The van der Waals surface area contributed by atoms with Gasteiger partial charge in [0.25, 0.3) is 0 Å². The van der Waals surface area contributed by atoms with Crippen molar-refractivity contribution in [2.45, 2.75) is 53.5 Å². The molecule has 3 heteroatoms. The molecule has 1 aromatic heterocycles. The van der Waals surface area contributed by atoms with E-state index in [1.165, 1.54) is 10.5 Å². The number of hydrogen-bond acceptors (Lipinski definition) is 1. The number of aromatic amines is 1. The zero-order valence-corrected chi connectivity index (χ0v) is 14.4. The molecule has 0 saturated heterocycles. The molecule has 0 saturated carbocycles. The molecular formula is C19H29N2O+. The standard InChI is InChI=1S/C19H28N2O/c1-5-11-21(12-6-2)13-17-14(4)20-18-15(7-3)9-8-10-16(18)19(17)22/h8-10H,5-7,11-13H2,1-4H3,(H,20,22)/p+1. The zero-order valence-electron chi connectivity index (χ0n) is 14.4. The first kappa shape index (κ1) is 16.8. The summed E-state index contributed by atoms with van der Waals surface area (Å²) in [7, 11) is 0. The normalized spacial score (nSPS) is 11.5. The number of benzene rings is 1. The third kappa shape index (κ3) is 3.41. The number of para-hydroxylation sites is 1. The van der Waals surface area contributed by atoms with Crippen LogP contribution in [0.5, 0.6) is 0 Å². The van der Waals surface area contributed by atoms with Crippen LogP contribution in [0, 0.1) is 6.92 Å². The highest BCUT2D eigenvalue weighted by molar-refractivity contribution is 5.82. The van der Waals surface area contributed by atoms with Crippen molar-refractivity contribution in [1.82, 2.24) is 4.98 Å². The van der Waals surface area contributed by atoms with E-state index in [-0.39, 0.29) is 5.43 Å². The lowest BCUT2D eigenvalue weighted by molar-refractivity contribution is -0.914. The maximum Gasteiger partial charge on any atom is 0.198 e. The number of nitrogens with one attached hydrogen (secondary N) is 2. The zero-order chi connectivity index (χ0) is 16.1. The number of pyridine rings is 1. The molecule has 0 unspecified atom stereocenters. The van der Waals surface area contributed by atoms with Crippen molar-refractivity contribution < 1.29 is 4.90 Å². The fraction of sp³-hybridized carbons (Fsp3) is 0.526. The van der Waals surface area contributed by atoms with Gasteiger partial charge in [-0.3, -0.25) is 4.79 Å². The molecule has 120 valence electrons. The molecule has 2 N–H and O–H groups in total. The van der Waals surface area contributed by atoms with Crippen LogP contribution in [0.15, 0.2) is 23.0 Å². The lowest BCUT2D eigenvalue weighted by atomic mass is 10.0. The van der Waals surface area contributed by atoms with E-state index < -0.39 is 0 Å². The molecule has 0 spiro atoms. The smallest absolute Gasteiger partial charge is 0.198 e. The summed E-state index contributed by atoms with van der Waals surface area (Å²) >= 11 is 0. The second-order valence-electron chi connectivity index (χ2n) is 6.18. The van der Waals surface area contributed by atoms with E-state index in [0.717, 1.165) is 61.1 Å². The average Bonchev–Trinajstić information content (AvgIpc) is 2.51. The largest absolute Gasteiger partial charge is 0.358 e. The summed E-state index contributed by atoms with van der Waals surface area (Å²) in [5.41, 5.74) is 4.44. The minimum atomic E-state index is 0.214. The van der Waals surface area contributed by atoms with E-state index in [4.69, 9.17) is 0 Å². The Balaban J connectivity index is 2.49. The number of aryl methyl sites for hydroxylation is 2. The highest BCUT2D eigenvalue weighted by Crippen LogP contribution is 2.16. The maximum absolute atomic E-state index is 12.9. The summed E-state index contributed by atoms with van der Waals surface area (Å²) in [4.78, 5) is 17.9. The molecular weight excluding hydrogens is 272 g/mol. The molecule has 0 fully saturated rings. The van der Waals surface area contributed by atoms with E-state index >= 15 is 0 Å². The lowest BCUT2D eigenvalue weighted by Gasteiger charge is -2.19. The Morgan fingerprint density at radius 1 is 1.09 bits per heavy atom. The Hall–Kier alpha value is -1.61. The van der Waals surface area contributed by atoms with Crippen molar-refractivity contribution in [2.24, 2.45) is 0 Å². The van der Waals surface area contributed by atoms with Gasteiger partial charge in [0.15, 0.2) is 5.43 Å². The number of quaternary nitrogens is 1. The van der Waals surface area contributed by atoms with Crippen LogP contribution in [-0.4, -0.2) is 18.1 Å². The molecule has 0 aliphatic heterocycles. The van der Waals surface area contributed by atoms with Gasteiger partial charge >= 0.3 is 0 Å². The SMILES string of the molecule is CCC[NH+](CCC)Cc1c(C)[nH]c2c(CC)cccc2c1=O. The molecule has 3 nitrogen and oxygen atoms in total. The average molecular weight is 301 g/mol. The number of hydrogen-bond donors (Lipinski definition) is 2. The fourth-order valence-corrected chi connectivity index (χ4v) is 3.30. The van der Waals surface area contributed by atoms with Crippen LogP contribution in [0.3, 0.4) is 0 Å². The number of aromatic nitrogens is 1. The molecule has 1 aromatic carbocycles. The Bertz CT molecular complexity index is 682. The quantitative estimate of drug-likeness (QED) is 0.810. The van der Waals surface area contributed by atoms with Crippen molar-refractivity contribution in [2.75, 3.05) is 13.1 Å². The summed E-state index contributed by atoms with van der Waals surface area (Å²) in [5.74, 6) is 0. The Labute approximate surface area is 133 Å². The van der Waals surface area contributed by atoms with Crippen LogP contribution < -0.4 is 10.3 Å². The predicted molar refractivity (Wildman–Crippen MR) is 93.7 cm³/mol. The van der Waals surface area contributed by atoms with Gasteiger partial charge in [-0.2, -0.15) is 0 Å². The number of fused-ring (bicyclic) bond motifs is 1. The van der Waals surface area contributed by atoms with Crippen LogP contribution in [0.1, 0.15) is 50.4 Å². The summed E-state index contributed by atoms with van der Waals surface area (Å²) in [5, 5.41) is 0.840. The van der Waals surface area contributed by atoms with E-state index in [1.54, 1.807) is 0 Å². The summed E-state index contributed by atoms with van der Waals surface area (Å²) in [6.45, 7) is 11.7. The van der Waals surface area contributed by atoms with Gasteiger partial charge < -0.3 is 9.88 Å². The first-order valence-electron chi connectivity index (χ1n) is 8.59. The summed E-state index contributed by atoms with van der Waals surface area (Å²) < 4.78 is 0. The Morgan fingerprint density at radius 3 is 2.36 bits per heavy atom. The van der Waals surface area contributed by atoms with Gasteiger partial charge in [0, 0.05) is 11.1 Å². The molecule has 0 atom stereocenters. The van der Waals surface area contributed by atoms with Crippen LogP contribution in [0.2, 0.25) is 0 Å². The minimum absolute atomic E-state index is 0.214. The molecule has 0 bridgehead atoms. The second-order valence-corrected chi connectivity index (χ2v) is 6.18. The molecule has 1 heterocycles. The van der Waals surface area contributed by atoms with Crippen LogP contribution in [0.4, 0.5) is 0 Å². The minimum Gasteiger partial charge on any atom is -0.358 e. The Kier molecular flexibility index (Phi) is 5.78. The van der Waals surface area contributed by atoms with Gasteiger partial charge in [-0.25, -0.2) is 0 Å². The molecule has 0 radical (unpaired) electrons. The molecule has 22 heavy (non-hydrogen) atoms.